The van der Waals surface area contributed by atoms with Gasteiger partial charge in [-0.1, -0.05) is 0 Å². The second-order valence-corrected chi connectivity index (χ2v) is 5.04. The maximum absolute atomic E-state index is 12.4. The number of likely N-dealkylation sites (N-methyl/N-ethyl adjacent to an activating group) is 1. The van der Waals surface area contributed by atoms with E-state index in [1.165, 1.54) is 0 Å². The molecule has 1 saturated heterocycles. The van der Waals surface area contributed by atoms with Gasteiger partial charge >= 0.3 is 0 Å². The molecule has 0 aliphatic carbocycles. The monoisotopic (exact) mass is 278 g/mol. The molecule has 1 atom stereocenters. The molecule has 1 aromatic carbocycles. The summed E-state index contributed by atoms with van der Waals surface area (Å²) in [7, 11) is 1.79. The van der Waals surface area contributed by atoms with Gasteiger partial charge in [0.15, 0.2) is 0 Å². The van der Waals surface area contributed by atoms with Gasteiger partial charge < -0.3 is 20.1 Å². The van der Waals surface area contributed by atoms with E-state index in [-0.39, 0.29) is 12.0 Å². The Kier molecular flexibility index (Phi) is 4.84. The predicted octanol–water partition coefficient (Wildman–Crippen LogP) is 1.92. The Bertz CT molecular complexity index is 470. The molecule has 20 heavy (non-hydrogen) atoms. The third-order valence-electron chi connectivity index (χ3n) is 3.33. The zero-order valence-corrected chi connectivity index (χ0v) is 12.1. The van der Waals surface area contributed by atoms with Crippen molar-refractivity contribution in [3.63, 3.8) is 0 Å². The van der Waals surface area contributed by atoms with Crippen molar-refractivity contribution in [3.05, 3.63) is 23.8 Å². The highest BCUT2D eigenvalue weighted by atomic mass is 16.5. The summed E-state index contributed by atoms with van der Waals surface area (Å²) in [6.45, 7) is 3.84. The minimum absolute atomic E-state index is 0.0613. The molecule has 110 valence electrons. The fourth-order valence-corrected chi connectivity index (χ4v) is 2.39. The molecule has 0 radical (unpaired) electrons. The molecular formula is C15H22N2O3. The van der Waals surface area contributed by atoms with Gasteiger partial charge in [0.25, 0.3) is 5.91 Å². The third kappa shape index (κ3) is 3.63. The number of hydrogen-bond donors (Lipinski definition) is 1. The first kappa shape index (κ1) is 14.7. The Morgan fingerprint density at radius 2 is 2.30 bits per heavy atom. The van der Waals surface area contributed by atoms with E-state index in [1.807, 2.05) is 6.92 Å². The van der Waals surface area contributed by atoms with Gasteiger partial charge in [0.2, 0.25) is 0 Å². The summed E-state index contributed by atoms with van der Waals surface area (Å²) in [5.41, 5.74) is 6.90. The van der Waals surface area contributed by atoms with Gasteiger partial charge in [-0.05, 0) is 31.9 Å². The van der Waals surface area contributed by atoms with Crippen molar-refractivity contribution in [1.82, 2.24) is 4.90 Å². The number of carbonyl (C=O) groups is 1. The average molecular weight is 278 g/mol. The largest absolute Gasteiger partial charge is 0.494 e. The molecule has 1 heterocycles. The number of amides is 1. The van der Waals surface area contributed by atoms with Crippen molar-refractivity contribution in [2.75, 3.05) is 32.5 Å². The number of nitrogens with two attached hydrogens (primary N) is 1. The van der Waals surface area contributed by atoms with Crippen LogP contribution < -0.4 is 10.5 Å². The van der Waals surface area contributed by atoms with Crippen LogP contribution in [-0.2, 0) is 4.74 Å². The normalized spacial score (nSPS) is 18.0. The molecule has 0 saturated carbocycles. The summed E-state index contributed by atoms with van der Waals surface area (Å²) < 4.78 is 11.0. The Hall–Kier alpha value is -1.75. The van der Waals surface area contributed by atoms with Gasteiger partial charge in [0.1, 0.15) is 5.75 Å². The molecule has 0 bridgehead atoms. The van der Waals surface area contributed by atoms with Crippen molar-refractivity contribution in [2.24, 2.45) is 0 Å². The van der Waals surface area contributed by atoms with Crippen LogP contribution in [0.3, 0.4) is 0 Å². The topological polar surface area (TPSA) is 64.8 Å². The smallest absolute Gasteiger partial charge is 0.253 e. The molecule has 1 aliphatic heterocycles. The molecule has 1 aliphatic rings. The Balaban J connectivity index is 2.06. The Labute approximate surface area is 119 Å². The second-order valence-electron chi connectivity index (χ2n) is 5.04. The summed E-state index contributed by atoms with van der Waals surface area (Å²) in [5.74, 6) is 0.565. The summed E-state index contributed by atoms with van der Waals surface area (Å²) in [5, 5.41) is 0. The number of hydrogen-bond acceptors (Lipinski definition) is 4. The fourth-order valence-electron chi connectivity index (χ4n) is 2.39. The van der Waals surface area contributed by atoms with Crippen molar-refractivity contribution in [3.8, 4) is 5.75 Å². The van der Waals surface area contributed by atoms with E-state index in [2.05, 4.69) is 0 Å². The SMILES string of the molecule is CCOc1cc(N)cc(C(=O)N(C)CC2CCCO2)c1. The number of nitrogen functional groups attached to an aromatic ring is 1. The van der Waals surface area contributed by atoms with E-state index in [9.17, 15) is 4.79 Å². The van der Waals surface area contributed by atoms with Gasteiger partial charge in [0, 0.05) is 37.5 Å². The maximum atomic E-state index is 12.4. The minimum atomic E-state index is -0.0613. The number of nitrogens with zero attached hydrogens (tertiary/aromatic N) is 1. The lowest BCUT2D eigenvalue weighted by Crippen LogP contribution is -2.34. The highest BCUT2D eigenvalue weighted by molar-refractivity contribution is 5.95. The number of carbonyl (C=O) groups excluding carboxylic acids is 1. The van der Waals surface area contributed by atoms with Gasteiger partial charge in [-0.3, -0.25) is 4.79 Å². The molecule has 2 rings (SSSR count). The highest BCUT2D eigenvalue weighted by Gasteiger charge is 2.21. The van der Waals surface area contributed by atoms with Crippen LogP contribution in [0, 0.1) is 0 Å². The van der Waals surface area contributed by atoms with Gasteiger partial charge in [-0.25, -0.2) is 0 Å². The number of rotatable bonds is 5. The number of benzene rings is 1. The Morgan fingerprint density at radius 1 is 1.50 bits per heavy atom. The number of anilines is 1. The van der Waals surface area contributed by atoms with Gasteiger partial charge in [-0.15, -0.1) is 0 Å². The summed E-state index contributed by atoms with van der Waals surface area (Å²) >= 11 is 0. The minimum Gasteiger partial charge on any atom is -0.494 e. The van der Waals surface area contributed by atoms with Gasteiger partial charge in [-0.2, -0.15) is 0 Å². The molecule has 1 unspecified atom stereocenters. The average Bonchev–Trinajstić information content (AvgIpc) is 2.90. The van der Waals surface area contributed by atoms with Crippen LogP contribution in [-0.4, -0.2) is 43.7 Å². The summed E-state index contributed by atoms with van der Waals surface area (Å²) in [6, 6.07) is 5.13. The molecule has 0 spiro atoms. The molecule has 5 nitrogen and oxygen atoms in total. The van der Waals surface area contributed by atoms with Gasteiger partial charge in [0.05, 0.1) is 12.7 Å². The second kappa shape index (κ2) is 6.61. The van der Waals surface area contributed by atoms with E-state index in [4.69, 9.17) is 15.2 Å². The maximum Gasteiger partial charge on any atom is 0.253 e. The highest BCUT2D eigenvalue weighted by Crippen LogP contribution is 2.21. The third-order valence-corrected chi connectivity index (χ3v) is 3.33. The van der Waals surface area contributed by atoms with Crippen LogP contribution in [0.15, 0.2) is 18.2 Å². The van der Waals surface area contributed by atoms with Crippen LogP contribution >= 0.6 is 0 Å². The van der Waals surface area contributed by atoms with Crippen molar-refractivity contribution >= 4 is 11.6 Å². The zero-order chi connectivity index (χ0) is 14.5. The summed E-state index contributed by atoms with van der Waals surface area (Å²) in [6.07, 6.45) is 2.23. The molecule has 1 fully saturated rings. The van der Waals surface area contributed by atoms with E-state index in [1.54, 1.807) is 30.1 Å². The fraction of sp³-hybridized carbons (Fsp3) is 0.533. The quantitative estimate of drug-likeness (QED) is 0.836. The molecule has 1 aromatic rings. The van der Waals surface area contributed by atoms with Crippen molar-refractivity contribution in [1.29, 1.82) is 0 Å². The van der Waals surface area contributed by atoms with E-state index < -0.39 is 0 Å². The van der Waals surface area contributed by atoms with Crippen LogP contribution in [0.5, 0.6) is 5.75 Å². The lowest BCUT2D eigenvalue weighted by Gasteiger charge is -2.21. The summed E-state index contributed by atoms with van der Waals surface area (Å²) in [4.78, 5) is 14.1. The molecular weight excluding hydrogens is 256 g/mol. The van der Waals surface area contributed by atoms with Crippen LogP contribution in [0.1, 0.15) is 30.1 Å². The van der Waals surface area contributed by atoms with Crippen molar-refractivity contribution in [2.45, 2.75) is 25.9 Å². The predicted molar refractivity (Wildman–Crippen MR) is 78.0 cm³/mol. The molecule has 2 N–H and O–H groups in total. The first-order valence-electron chi connectivity index (χ1n) is 7.00. The lowest BCUT2D eigenvalue weighted by atomic mass is 10.1. The first-order chi connectivity index (χ1) is 9.60. The molecule has 5 heteroatoms. The lowest BCUT2D eigenvalue weighted by molar-refractivity contribution is 0.0587. The van der Waals surface area contributed by atoms with Crippen molar-refractivity contribution < 1.29 is 14.3 Å². The van der Waals surface area contributed by atoms with Crippen LogP contribution in [0.4, 0.5) is 5.69 Å². The first-order valence-corrected chi connectivity index (χ1v) is 7.00. The standard InChI is InChI=1S/C15H22N2O3/c1-3-19-14-8-11(7-12(16)9-14)15(18)17(2)10-13-5-4-6-20-13/h7-9,13H,3-6,10,16H2,1-2H3. The van der Waals surface area contributed by atoms with E-state index in [0.717, 1.165) is 19.4 Å². The number of ether oxygens (including phenoxy) is 2. The van der Waals surface area contributed by atoms with E-state index in [0.29, 0.717) is 30.2 Å². The van der Waals surface area contributed by atoms with Crippen LogP contribution in [0.25, 0.3) is 0 Å². The van der Waals surface area contributed by atoms with Crippen LogP contribution in [0.2, 0.25) is 0 Å². The molecule has 1 amide bonds. The van der Waals surface area contributed by atoms with E-state index >= 15 is 0 Å². The zero-order valence-electron chi connectivity index (χ0n) is 12.1. The Morgan fingerprint density at radius 3 is 2.95 bits per heavy atom. The molecule has 0 aromatic heterocycles.